The number of amides is 2. The molecule has 0 spiro atoms. The first-order chi connectivity index (χ1) is 13.5. The number of hydrogen-bond donors (Lipinski definition) is 1. The molecule has 1 N–H and O–H groups in total. The van der Waals surface area contributed by atoms with Crippen LogP contribution < -0.4 is 5.32 Å². The first kappa shape index (κ1) is 17.0. The number of nitrogens with zero attached hydrogens (tertiary/aromatic N) is 4. The van der Waals surface area contributed by atoms with Crippen LogP contribution in [0.3, 0.4) is 0 Å². The van der Waals surface area contributed by atoms with Crippen molar-refractivity contribution in [1.82, 2.24) is 19.7 Å². The molecule has 5 rings (SSSR count). The third kappa shape index (κ3) is 2.59. The molecule has 1 aromatic carbocycles. The standard InChI is InChI=1S/C20H21N5O3/c1-11-14(9-22-24(11)2)19-13(8-17(26)25(19)12-6-7-12)20(27)23-15-4-3-5-16-18(15)21-10-28-16/h3-5,9-10,12-13,19H,6-8H2,1-2H3,(H,23,27)/t13-,19-/m0/s1. The number of anilines is 1. The van der Waals surface area contributed by atoms with Crippen LogP contribution in [0.2, 0.25) is 0 Å². The Kier molecular flexibility index (Phi) is 3.75. The van der Waals surface area contributed by atoms with E-state index >= 15 is 0 Å². The Hall–Kier alpha value is -3.16. The molecule has 2 atom stereocenters. The highest BCUT2D eigenvalue weighted by Crippen LogP contribution is 2.46. The number of hydrogen-bond acceptors (Lipinski definition) is 5. The molecule has 8 nitrogen and oxygen atoms in total. The first-order valence-corrected chi connectivity index (χ1v) is 9.47. The molecule has 2 aliphatic rings. The van der Waals surface area contributed by atoms with E-state index in [2.05, 4.69) is 15.4 Å². The molecule has 28 heavy (non-hydrogen) atoms. The Morgan fingerprint density at radius 1 is 1.32 bits per heavy atom. The highest BCUT2D eigenvalue weighted by Gasteiger charge is 2.50. The minimum absolute atomic E-state index is 0.0375. The zero-order valence-corrected chi connectivity index (χ0v) is 15.8. The van der Waals surface area contributed by atoms with Gasteiger partial charge in [-0.25, -0.2) is 4.98 Å². The van der Waals surface area contributed by atoms with Crippen LogP contribution in [0.1, 0.15) is 36.6 Å². The summed E-state index contributed by atoms with van der Waals surface area (Å²) in [5.74, 6) is -0.617. The number of oxazole rings is 1. The fourth-order valence-electron chi connectivity index (χ4n) is 4.16. The number of para-hydroxylation sites is 1. The van der Waals surface area contributed by atoms with Crippen LogP contribution >= 0.6 is 0 Å². The Balaban J connectivity index is 1.50. The second kappa shape index (κ2) is 6.19. The number of rotatable bonds is 4. The number of likely N-dealkylation sites (tertiary alicyclic amines) is 1. The van der Waals surface area contributed by atoms with Crippen LogP contribution in [0.5, 0.6) is 0 Å². The lowest BCUT2D eigenvalue weighted by Gasteiger charge is -2.28. The number of carbonyl (C=O) groups excluding carboxylic acids is 2. The van der Waals surface area contributed by atoms with E-state index in [1.807, 2.05) is 24.9 Å². The van der Waals surface area contributed by atoms with Gasteiger partial charge in [0.2, 0.25) is 11.8 Å². The smallest absolute Gasteiger partial charge is 0.230 e. The van der Waals surface area contributed by atoms with Crippen LogP contribution in [0, 0.1) is 12.8 Å². The van der Waals surface area contributed by atoms with Crippen molar-refractivity contribution in [2.45, 2.75) is 38.3 Å². The SMILES string of the molecule is Cc1c([C@@H]2[C@@H](C(=O)Nc3cccc4ocnc34)CC(=O)N2C2CC2)cnn1C. The summed E-state index contributed by atoms with van der Waals surface area (Å²) in [6.07, 6.45) is 5.33. The molecular formula is C20H21N5O3. The maximum atomic E-state index is 13.2. The summed E-state index contributed by atoms with van der Waals surface area (Å²) in [5, 5.41) is 7.31. The van der Waals surface area contributed by atoms with Gasteiger partial charge in [-0.05, 0) is 31.9 Å². The third-order valence-electron chi connectivity index (χ3n) is 5.85. The maximum absolute atomic E-state index is 13.2. The average molecular weight is 379 g/mol. The first-order valence-electron chi connectivity index (χ1n) is 9.47. The quantitative estimate of drug-likeness (QED) is 0.752. The normalized spacial score (nSPS) is 22.2. The van der Waals surface area contributed by atoms with Crippen LogP contribution in [-0.2, 0) is 16.6 Å². The zero-order chi connectivity index (χ0) is 19.4. The third-order valence-corrected chi connectivity index (χ3v) is 5.85. The van der Waals surface area contributed by atoms with E-state index in [-0.39, 0.29) is 30.3 Å². The molecule has 8 heteroatoms. The molecule has 1 aliphatic heterocycles. The Morgan fingerprint density at radius 3 is 2.86 bits per heavy atom. The van der Waals surface area contributed by atoms with Crippen molar-refractivity contribution in [1.29, 1.82) is 0 Å². The second-order valence-corrected chi connectivity index (χ2v) is 7.59. The van der Waals surface area contributed by atoms with Crippen molar-refractivity contribution in [3.8, 4) is 0 Å². The second-order valence-electron chi connectivity index (χ2n) is 7.59. The molecular weight excluding hydrogens is 358 g/mol. The molecule has 2 aromatic heterocycles. The van der Waals surface area contributed by atoms with Gasteiger partial charge in [-0.2, -0.15) is 5.10 Å². The number of aryl methyl sites for hydroxylation is 1. The average Bonchev–Trinajstić information content (AvgIpc) is 3.14. The largest absolute Gasteiger partial charge is 0.443 e. The van der Waals surface area contributed by atoms with E-state index in [0.717, 1.165) is 24.1 Å². The molecule has 1 aliphatic carbocycles. The molecule has 0 radical (unpaired) electrons. The minimum atomic E-state index is -0.474. The molecule has 1 saturated carbocycles. The summed E-state index contributed by atoms with van der Waals surface area (Å²) in [5.41, 5.74) is 3.73. The van der Waals surface area contributed by atoms with Gasteiger partial charge in [-0.15, -0.1) is 0 Å². The van der Waals surface area contributed by atoms with E-state index in [1.54, 1.807) is 23.0 Å². The summed E-state index contributed by atoms with van der Waals surface area (Å²) >= 11 is 0. The molecule has 144 valence electrons. The summed E-state index contributed by atoms with van der Waals surface area (Å²) in [6.45, 7) is 1.97. The number of aromatic nitrogens is 3. The van der Waals surface area contributed by atoms with Gasteiger partial charge in [0.1, 0.15) is 5.52 Å². The van der Waals surface area contributed by atoms with Gasteiger partial charge < -0.3 is 14.6 Å². The maximum Gasteiger partial charge on any atom is 0.230 e. The predicted octanol–water partition coefficient (Wildman–Crippen LogP) is 2.56. The Bertz CT molecular complexity index is 1080. The van der Waals surface area contributed by atoms with Gasteiger partial charge >= 0.3 is 0 Å². The van der Waals surface area contributed by atoms with Gasteiger partial charge in [0.05, 0.1) is 23.8 Å². The molecule has 1 saturated heterocycles. The van der Waals surface area contributed by atoms with E-state index in [0.29, 0.717) is 16.8 Å². The summed E-state index contributed by atoms with van der Waals surface area (Å²) in [7, 11) is 1.87. The van der Waals surface area contributed by atoms with E-state index < -0.39 is 5.92 Å². The van der Waals surface area contributed by atoms with Crippen LogP contribution in [0.25, 0.3) is 11.1 Å². The van der Waals surface area contributed by atoms with Crippen molar-refractivity contribution in [2.75, 3.05) is 5.32 Å². The van der Waals surface area contributed by atoms with Gasteiger partial charge in [-0.1, -0.05) is 6.07 Å². The van der Waals surface area contributed by atoms with Crippen molar-refractivity contribution < 1.29 is 14.0 Å². The lowest BCUT2D eigenvalue weighted by molar-refractivity contribution is -0.129. The number of nitrogens with one attached hydrogen (secondary N) is 1. The number of benzene rings is 1. The van der Waals surface area contributed by atoms with E-state index in [4.69, 9.17) is 4.42 Å². The lowest BCUT2D eigenvalue weighted by Crippen LogP contribution is -2.34. The zero-order valence-electron chi connectivity index (χ0n) is 15.8. The van der Waals surface area contributed by atoms with E-state index in [9.17, 15) is 9.59 Å². The fraction of sp³-hybridized carbons (Fsp3) is 0.400. The van der Waals surface area contributed by atoms with Crippen LogP contribution in [-0.4, -0.2) is 37.5 Å². The number of fused-ring (bicyclic) bond motifs is 1. The molecule has 2 fully saturated rings. The Morgan fingerprint density at radius 2 is 2.14 bits per heavy atom. The van der Waals surface area contributed by atoms with E-state index in [1.165, 1.54) is 6.39 Å². The monoisotopic (exact) mass is 379 g/mol. The summed E-state index contributed by atoms with van der Waals surface area (Å²) in [6, 6.07) is 5.34. The number of carbonyl (C=O) groups is 2. The fourth-order valence-corrected chi connectivity index (χ4v) is 4.16. The van der Waals surface area contributed by atoms with Crippen molar-refractivity contribution in [3.63, 3.8) is 0 Å². The topological polar surface area (TPSA) is 93.3 Å². The molecule has 0 bridgehead atoms. The predicted molar refractivity (Wildman–Crippen MR) is 101 cm³/mol. The molecule has 3 aromatic rings. The Labute approximate surface area is 161 Å². The summed E-state index contributed by atoms with van der Waals surface area (Å²) in [4.78, 5) is 32.1. The van der Waals surface area contributed by atoms with Crippen LogP contribution in [0.4, 0.5) is 5.69 Å². The lowest BCUT2D eigenvalue weighted by atomic mass is 9.93. The highest BCUT2D eigenvalue weighted by atomic mass is 16.3. The van der Waals surface area contributed by atoms with Crippen molar-refractivity contribution in [2.24, 2.45) is 13.0 Å². The minimum Gasteiger partial charge on any atom is -0.443 e. The van der Waals surface area contributed by atoms with Gasteiger partial charge in [-0.3, -0.25) is 14.3 Å². The van der Waals surface area contributed by atoms with Crippen molar-refractivity contribution >= 4 is 28.6 Å². The highest BCUT2D eigenvalue weighted by molar-refractivity contribution is 6.02. The van der Waals surface area contributed by atoms with Gasteiger partial charge in [0.25, 0.3) is 0 Å². The van der Waals surface area contributed by atoms with Gasteiger partial charge in [0, 0.05) is 30.8 Å². The molecule has 3 heterocycles. The molecule has 0 unspecified atom stereocenters. The summed E-state index contributed by atoms with van der Waals surface area (Å²) < 4.78 is 7.10. The van der Waals surface area contributed by atoms with Gasteiger partial charge in [0.15, 0.2) is 12.0 Å². The molecule has 2 amide bonds. The van der Waals surface area contributed by atoms with Crippen LogP contribution in [0.15, 0.2) is 35.2 Å². The van der Waals surface area contributed by atoms with Crippen molar-refractivity contribution in [3.05, 3.63) is 42.0 Å².